The van der Waals surface area contributed by atoms with Crippen LogP contribution in [-0.4, -0.2) is 60.2 Å². The number of carbonyl (C=O) groups excluding carboxylic acids is 3. The number of halogens is 4. The van der Waals surface area contributed by atoms with Crippen LogP contribution < -0.4 is 5.32 Å². The third kappa shape index (κ3) is 6.32. The van der Waals surface area contributed by atoms with E-state index in [1.807, 2.05) is 42.5 Å². The van der Waals surface area contributed by atoms with Gasteiger partial charge in [-0.1, -0.05) is 42.5 Å². The molecule has 6 nitrogen and oxygen atoms in total. The van der Waals surface area contributed by atoms with Crippen LogP contribution in [-0.2, 0) is 11.0 Å². The van der Waals surface area contributed by atoms with Crippen molar-refractivity contribution < 1.29 is 31.9 Å². The highest BCUT2D eigenvalue weighted by atomic mass is 19.4. The van der Waals surface area contributed by atoms with Gasteiger partial charge in [-0.2, -0.15) is 13.2 Å². The Bertz CT molecular complexity index is 1290. The number of nitrogens with one attached hydrogen (secondary N) is 1. The molecule has 37 heavy (non-hydrogen) atoms. The molecule has 0 aromatic heterocycles. The van der Waals surface area contributed by atoms with Crippen molar-refractivity contribution in [1.29, 1.82) is 0 Å². The zero-order valence-corrected chi connectivity index (χ0v) is 19.6. The Labute approximate surface area is 210 Å². The number of nitrogens with zero attached hydrogens (tertiary/aromatic N) is 2. The largest absolute Gasteiger partial charge is 0.416 e. The Morgan fingerprint density at radius 2 is 1.35 bits per heavy atom. The molecular formula is C27H23F4N3O3. The number of hydrogen-bond acceptors (Lipinski definition) is 3. The van der Waals surface area contributed by atoms with E-state index in [4.69, 9.17) is 0 Å². The van der Waals surface area contributed by atoms with E-state index in [2.05, 4.69) is 5.32 Å². The van der Waals surface area contributed by atoms with Gasteiger partial charge >= 0.3 is 6.18 Å². The molecule has 1 heterocycles. The van der Waals surface area contributed by atoms with Gasteiger partial charge in [0.15, 0.2) is 0 Å². The van der Waals surface area contributed by atoms with E-state index < -0.39 is 34.9 Å². The van der Waals surface area contributed by atoms with Crippen molar-refractivity contribution in [3.05, 3.63) is 95.3 Å². The van der Waals surface area contributed by atoms with Gasteiger partial charge in [-0.05, 0) is 41.5 Å². The number of alkyl halides is 3. The lowest BCUT2D eigenvalue weighted by molar-refractivity contribution is -0.137. The predicted molar refractivity (Wildman–Crippen MR) is 128 cm³/mol. The Balaban J connectivity index is 1.28. The minimum atomic E-state index is -4.78. The molecule has 0 saturated carbocycles. The molecule has 0 spiro atoms. The van der Waals surface area contributed by atoms with Gasteiger partial charge in [-0.25, -0.2) is 4.39 Å². The van der Waals surface area contributed by atoms with Gasteiger partial charge < -0.3 is 15.1 Å². The second-order valence-corrected chi connectivity index (χ2v) is 8.53. The van der Waals surface area contributed by atoms with E-state index in [-0.39, 0.29) is 38.6 Å². The third-order valence-corrected chi connectivity index (χ3v) is 6.05. The van der Waals surface area contributed by atoms with Crippen LogP contribution >= 0.6 is 0 Å². The Hall–Kier alpha value is -4.21. The quantitative estimate of drug-likeness (QED) is 0.520. The SMILES string of the molecule is O=C(NCC(=O)N1CCN(C(=O)c2cc(F)cc(C(F)(F)F)c2)CC1)c1ccc(-c2ccccc2)cc1. The summed E-state index contributed by atoms with van der Waals surface area (Å²) in [4.78, 5) is 40.4. The topological polar surface area (TPSA) is 69.7 Å². The first-order valence-corrected chi connectivity index (χ1v) is 11.5. The van der Waals surface area contributed by atoms with Crippen LogP contribution in [0.2, 0.25) is 0 Å². The summed E-state index contributed by atoms with van der Waals surface area (Å²) in [7, 11) is 0. The molecule has 1 fully saturated rings. The van der Waals surface area contributed by atoms with Gasteiger partial charge in [0.25, 0.3) is 11.8 Å². The van der Waals surface area contributed by atoms with Crippen molar-refractivity contribution in [2.75, 3.05) is 32.7 Å². The van der Waals surface area contributed by atoms with Crippen molar-refractivity contribution in [1.82, 2.24) is 15.1 Å². The van der Waals surface area contributed by atoms with Crippen molar-refractivity contribution in [3.63, 3.8) is 0 Å². The molecule has 0 atom stereocenters. The average molecular weight is 513 g/mol. The molecule has 1 aliphatic rings. The highest BCUT2D eigenvalue weighted by Crippen LogP contribution is 2.30. The first kappa shape index (κ1) is 25.9. The standard InChI is InChI=1S/C27H23F4N3O3/c28-23-15-21(14-22(16-23)27(29,30)31)26(37)34-12-10-33(11-13-34)24(35)17-32-25(36)20-8-6-19(7-9-20)18-4-2-1-3-5-18/h1-9,14-16H,10-13,17H2,(H,32,36). The lowest BCUT2D eigenvalue weighted by Crippen LogP contribution is -2.52. The molecule has 0 unspecified atom stereocenters. The maximum atomic E-state index is 13.7. The number of rotatable bonds is 5. The van der Waals surface area contributed by atoms with E-state index in [0.29, 0.717) is 17.7 Å². The summed E-state index contributed by atoms with van der Waals surface area (Å²) < 4.78 is 52.5. The molecule has 1 aliphatic heterocycles. The highest BCUT2D eigenvalue weighted by Gasteiger charge is 2.33. The molecule has 3 aromatic carbocycles. The summed E-state index contributed by atoms with van der Waals surface area (Å²) in [5, 5.41) is 2.58. The summed E-state index contributed by atoms with van der Waals surface area (Å²) in [5.41, 5.74) is 0.720. The fourth-order valence-corrected chi connectivity index (χ4v) is 4.03. The molecule has 0 bridgehead atoms. The van der Waals surface area contributed by atoms with Crippen molar-refractivity contribution >= 4 is 17.7 Å². The molecule has 0 aliphatic carbocycles. The minimum Gasteiger partial charge on any atom is -0.343 e. The van der Waals surface area contributed by atoms with E-state index in [9.17, 15) is 31.9 Å². The molecule has 10 heteroatoms. The zero-order chi connectivity index (χ0) is 26.6. The number of carbonyl (C=O) groups is 3. The van der Waals surface area contributed by atoms with E-state index in [0.717, 1.165) is 17.2 Å². The van der Waals surface area contributed by atoms with Crippen molar-refractivity contribution in [2.24, 2.45) is 0 Å². The number of amides is 3. The lowest BCUT2D eigenvalue weighted by Gasteiger charge is -2.35. The first-order valence-electron chi connectivity index (χ1n) is 11.5. The normalized spacial score (nSPS) is 13.8. The Morgan fingerprint density at radius 1 is 0.757 bits per heavy atom. The molecule has 0 radical (unpaired) electrons. The smallest absolute Gasteiger partial charge is 0.343 e. The van der Waals surface area contributed by atoms with Gasteiger partial charge in [0.1, 0.15) is 5.82 Å². The Morgan fingerprint density at radius 3 is 1.97 bits per heavy atom. The van der Waals surface area contributed by atoms with Gasteiger partial charge in [0.05, 0.1) is 12.1 Å². The third-order valence-electron chi connectivity index (χ3n) is 6.05. The van der Waals surface area contributed by atoms with Crippen LogP contribution in [0, 0.1) is 5.82 Å². The second kappa shape index (κ2) is 10.8. The monoisotopic (exact) mass is 513 g/mol. The number of piperazine rings is 1. The van der Waals surface area contributed by atoms with Gasteiger partial charge in [-0.15, -0.1) is 0 Å². The fourth-order valence-electron chi connectivity index (χ4n) is 4.03. The van der Waals surface area contributed by atoms with Crippen LogP contribution in [0.3, 0.4) is 0 Å². The molecule has 192 valence electrons. The van der Waals surface area contributed by atoms with Gasteiger partial charge in [-0.3, -0.25) is 14.4 Å². The van der Waals surface area contributed by atoms with E-state index in [1.165, 1.54) is 9.80 Å². The van der Waals surface area contributed by atoms with Crippen molar-refractivity contribution in [2.45, 2.75) is 6.18 Å². The second-order valence-electron chi connectivity index (χ2n) is 8.53. The molecule has 1 saturated heterocycles. The first-order chi connectivity index (χ1) is 17.6. The molecule has 4 rings (SSSR count). The number of benzene rings is 3. The fraction of sp³-hybridized carbons (Fsp3) is 0.222. The zero-order valence-electron chi connectivity index (χ0n) is 19.6. The average Bonchev–Trinajstić information content (AvgIpc) is 2.91. The van der Waals surface area contributed by atoms with Gasteiger partial charge in [0, 0.05) is 37.3 Å². The molecule has 3 aromatic rings. The highest BCUT2D eigenvalue weighted by molar-refractivity contribution is 5.97. The summed E-state index contributed by atoms with van der Waals surface area (Å²) >= 11 is 0. The van der Waals surface area contributed by atoms with Crippen LogP contribution in [0.15, 0.2) is 72.8 Å². The maximum Gasteiger partial charge on any atom is 0.416 e. The minimum absolute atomic E-state index is 0.0668. The number of hydrogen-bond donors (Lipinski definition) is 1. The van der Waals surface area contributed by atoms with Crippen molar-refractivity contribution in [3.8, 4) is 11.1 Å². The molecule has 3 amide bonds. The predicted octanol–water partition coefficient (Wildman–Crippen LogP) is 4.23. The van der Waals surface area contributed by atoms with E-state index >= 15 is 0 Å². The summed E-state index contributed by atoms with van der Waals surface area (Å²) in [5.74, 6) is -2.67. The summed E-state index contributed by atoms with van der Waals surface area (Å²) in [6.07, 6.45) is -4.78. The van der Waals surface area contributed by atoms with E-state index in [1.54, 1.807) is 12.1 Å². The summed E-state index contributed by atoms with van der Waals surface area (Å²) in [6.45, 7) is 0.155. The Kier molecular flexibility index (Phi) is 7.56. The summed E-state index contributed by atoms with van der Waals surface area (Å²) in [6, 6.07) is 18.4. The van der Waals surface area contributed by atoms with Crippen LogP contribution in [0.4, 0.5) is 17.6 Å². The molecule has 1 N–H and O–H groups in total. The molecular weight excluding hydrogens is 490 g/mol. The van der Waals surface area contributed by atoms with Gasteiger partial charge in [0.2, 0.25) is 5.91 Å². The van der Waals surface area contributed by atoms with Crippen LogP contribution in [0.5, 0.6) is 0 Å². The van der Waals surface area contributed by atoms with Crippen LogP contribution in [0.25, 0.3) is 11.1 Å². The van der Waals surface area contributed by atoms with Crippen LogP contribution in [0.1, 0.15) is 26.3 Å². The lowest BCUT2D eigenvalue weighted by atomic mass is 10.0. The maximum absolute atomic E-state index is 13.7.